The molecule has 2 rings (SSSR count). The monoisotopic (exact) mass is 304 g/mol. The number of rotatable bonds is 3. The number of amides is 1. The van der Waals surface area contributed by atoms with Crippen molar-refractivity contribution in [1.82, 2.24) is 0 Å². The highest BCUT2D eigenvalue weighted by molar-refractivity contribution is 5.88. The van der Waals surface area contributed by atoms with Crippen LogP contribution < -0.4 is 11.1 Å². The first-order chi connectivity index (χ1) is 8.97. The van der Waals surface area contributed by atoms with E-state index in [0.29, 0.717) is 5.69 Å². The summed E-state index contributed by atoms with van der Waals surface area (Å²) >= 11 is 0. The van der Waals surface area contributed by atoms with Crippen LogP contribution in [0.2, 0.25) is 0 Å². The van der Waals surface area contributed by atoms with Gasteiger partial charge in [0.15, 0.2) is 0 Å². The Morgan fingerprint density at radius 2 is 2.35 bits per heavy atom. The van der Waals surface area contributed by atoms with Crippen molar-refractivity contribution in [2.24, 2.45) is 11.7 Å². The number of aliphatic hydroxyl groups is 1. The molecule has 1 fully saturated rings. The Balaban J connectivity index is 0.00000200. The topological polar surface area (TPSA) is 84.6 Å². The Hall–Kier alpha value is -1.21. The number of hydrogen-bond donors (Lipinski definition) is 3. The molecule has 0 aromatic heterocycles. The zero-order valence-corrected chi connectivity index (χ0v) is 11.9. The largest absolute Gasteiger partial charge is 0.396 e. The molecule has 0 spiro atoms. The molecule has 0 aliphatic carbocycles. The van der Waals surface area contributed by atoms with Gasteiger partial charge in [-0.2, -0.15) is 0 Å². The predicted octanol–water partition coefficient (Wildman–Crippen LogP) is 0.999. The van der Waals surface area contributed by atoms with Crippen molar-refractivity contribution in [3.05, 3.63) is 29.6 Å². The lowest BCUT2D eigenvalue weighted by Gasteiger charge is -2.29. The molecular weight excluding hydrogens is 287 g/mol. The molecule has 112 valence electrons. The quantitative estimate of drug-likeness (QED) is 0.778. The van der Waals surface area contributed by atoms with Gasteiger partial charge in [-0.15, -0.1) is 12.4 Å². The Bertz CT molecular complexity index is 501. The summed E-state index contributed by atoms with van der Waals surface area (Å²) in [5, 5.41) is 11.9. The van der Waals surface area contributed by atoms with Gasteiger partial charge in [0.2, 0.25) is 5.91 Å². The SMILES string of the molecule is CC(=O)Nc1ccc(F)c([C@]2(N)COC[C@H]2CO)c1.Cl. The second-order valence-electron chi connectivity index (χ2n) is 4.81. The maximum Gasteiger partial charge on any atom is 0.221 e. The normalized spacial score (nSPS) is 25.1. The molecule has 0 radical (unpaired) electrons. The summed E-state index contributed by atoms with van der Waals surface area (Å²) in [5.74, 6) is -1.08. The molecule has 0 saturated carbocycles. The third-order valence-corrected chi connectivity index (χ3v) is 3.40. The summed E-state index contributed by atoms with van der Waals surface area (Å²) in [5.41, 5.74) is 5.84. The van der Waals surface area contributed by atoms with E-state index >= 15 is 0 Å². The first-order valence-corrected chi connectivity index (χ1v) is 6.02. The number of ether oxygens (including phenoxy) is 1. The number of nitrogens with two attached hydrogens (primary N) is 1. The van der Waals surface area contributed by atoms with E-state index in [-0.39, 0.29) is 49.6 Å². The second kappa shape index (κ2) is 6.49. The summed E-state index contributed by atoms with van der Waals surface area (Å²) in [6.07, 6.45) is 0. The number of anilines is 1. The van der Waals surface area contributed by atoms with Gasteiger partial charge in [0, 0.05) is 24.1 Å². The van der Waals surface area contributed by atoms with Crippen LogP contribution in [0.5, 0.6) is 0 Å². The van der Waals surface area contributed by atoms with E-state index in [4.69, 9.17) is 10.5 Å². The number of halogens is 2. The van der Waals surface area contributed by atoms with Crippen molar-refractivity contribution >= 4 is 24.0 Å². The molecule has 0 unspecified atom stereocenters. The van der Waals surface area contributed by atoms with Gasteiger partial charge in [0.05, 0.1) is 25.4 Å². The fourth-order valence-corrected chi connectivity index (χ4v) is 2.31. The van der Waals surface area contributed by atoms with Gasteiger partial charge in [-0.1, -0.05) is 0 Å². The highest BCUT2D eigenvalue weighted by atomic mass is 35.5. The average Bonchev–Trinajstić information content (AvgIpc) is 2.73. The first kappa shape index (κ1) is 16.8. The minimum Gasteiger partial charge on any atom is -0.396 e. The van der Waals surface area contributed by atoms with Crippen LogP contribution in [0, 0.1) is 11.7 Å². The van der Waals surface area contributed by atoms with Crippen LogP contribution in [0.15, 0.2) is 18.2 Å². The molecule has 1 saturated heterocycles. The molecule has 4 N–H and O–H groups in total. The van der Waals surface area contributed by atoms with Gasteiger partial charge >= 0.3 is 0 Å². The zero-order valence-electron chi connectivity index (χ0n) is 11.1. The molecule has 1 aliphatic rings. The van der Waals surface area contributed by atoms with Crippen molar-refractivity contribution in [2.75, 3.05) is 25.1 Å². The molecule has 1 aliphatic heterocycles. The van der Waals surface area contributed by atoms with Crippen LogP contribution >= 0.6 is 12.4 Å². The van der Waals surface area contributed by atoms with Crippen LogP contribution in [0.4, 0.5) is 10.1 Å². The van der Waals surface area contributed by atoms with Crippen molar-refractivity contribution in [2.45, 2.75) is 12.5 Å². The van der Waals surface area contributed by atoms with Crippen LogP contribution in [0.1, 0.15) is 12.5 Å². The minimum absolute atomic E-state index is 0. The van der Waals surface area contributed by atoms with Gasteiger partial charge in [0.25, 0.3) is 0 Å². The lowest BCUT2D eigenvalue weighted by atomic mass is 9.81. The third-order valence-electron chi connectivity index (χ3n) is 3.40. The molecule has 1 heterocycles. The summed E-state index contributed by atoms with van der Waals surface area (Å²) in [6.45, 7) is 1.62. The average molecular weight is 305 g/mol. The number of benzene rings is 1. The lowest BCUT2D eigenvalue weighted by Crippen LogP contribution is -2.46. The molecule has 20 heavy (non-hydrogen) atoms. The molecular formula is C13H18ClFN2O3. The van der Waals surface area contributed by atoms with Crippen LogP contribution in [-0.2, 0) is 15.1 Å². The Morgan fingerprint density at radius 1 is 1.65 bits per heavy atom. The van der Waals surface area contributed by atoms with Gasteiger partial charge in [-0.05, 0) is 18.2 Å². The van der Waals surface area contributed by atoms with Crippen LogP contribution in [0.3, 0.4) is 0 Å². The highest BCUT2D eigenvalue weighted by Crippen LogP contribution is 2.35. The molecule has 2 atom stereocenters. The molecule has 0 bridgehead atoms. The molecule has 1 amide bonds. The van der Waals surface area contributed by atoms with Crippen molar-refractivity contribution in [3.8, 4) is 0 Å². The summed E-state index contributed by atoms with van der Waals surface area (Å²) in [7, 11) is 0. The summed E-state index contributed by atoms with van der Waals surface area (Å²) < 4.78 is 19.2. The van der Waals surface area contributed by atoms with E-state index in [9.17, 15) is 14.3 Å². The fourth-order valence-electron chi connectivity index (χ4n) is 2.31. The summed E-state index contributed by atoms with van der Waals surface area (Å²) in [6, 6.07) is 4.21. The number of carbonyl (C=O) groups excluding carboxylic acids is 1. The third kappa shape index (κ3) is 3.09. The maximum atomic E-state index is 14.0. The van der Waals surface area contributed by atoms with E-state index in [0.717, 1.165) is 0 Å². The van der Waals surface area contributed by atoms with Gasteiger partial charge in [0.1, 0.15) is 5.82 Å². The number of aliphatic hydroxyl groups excluding tert-OH is 1. The Kier molecular flexibility index (Phi) is 5.47. The van der Waals surface area contributed by atoms with Gasteiger partial charge in [-0.25, -0.2) is 4.39 Å². The first-order valence-electron chi connectivity index (χ1n) is 6.02. The van der Waals surface area contributed by atoms with Crippen molar-refractivity contribution in [1.29, 1.82) is 0 Å². The number of nitrogens with one attached hydrogen (secondary N) is 1. The zero-order chi connectivity index (χ0) is 14.0. The van der Waals surface area contributed by atoms with E-state index in [1.165, 1.54) is 25.1 Å². The molecule has 7 heteroatoms. The van der Waals surface area contributed by atoms with E-state index in [1.807, 2.05) is 0 Å². The highest BCUT2D eigenvalue weighted by Gasteiger charge is 2.43. The van der Waals surface area contributed by atoms with Crippen molar-refractivity contribution in [3.63, 3.8) is 0 Å². The van der Waals surface area contributed by atoms with Crippen LogP contribution in [0.25, 0.3) is 0 Å². The summed E-state index contributed by atoms with van der Waals surface area (Å²) in [4.78, 5) is 11.0. The van der Waals surface area contributed by atoms with Gasteiger partial charge < -0.3 is 20.9 Å². The van der Waals surface area contributed by atoms with Gasteiger partial charge in [-0.3, -0.25) is 4.79 Å². The molecule has 1 aromatic rings. The standard InChI is InChI=1S/C13H17FN2O3.ClH/c1-8(18)16-10-2-3-12(14)11(4-10)13(15)7-19-6-9(13)5-17;/h2-4,9,17H,5-7,15H2,1H3,(H,16,18);1H/t9-,13+;/m1./s1. The molecule has 5 nitrogen and oxygen atoms in total. The fraction of sp³-hybridized carbons (Fsp3) is 0.462. The van der Waals surface area contributed by atoms with Crippen molar-refractivity contribution < 1.29 is 19.0 Å². The molecule has 1 aromatic carbocycles. The number of carbonyl (C=O) groups is 1. The van der Waals surface area contributed by atoms with E-state index in [2.05, 4.69) is 5.32 Å². The smallest absolute Gasteiger partial charge is 0.221 e. The minimum atomic E-state index is -1.08. The Morgan fingerprint density at radius 3 is 2.95 bits per heavy atom. The van der Waals surface area contributed by atoms with E-state index < -0.39 is 11.4 Å². The van der Waals surface area contributed by atoms with Crippen LogP contribution in [-0.4, -0.2) is 30.8 Å². The second-order valence-corrected chi connectivity index (χ2v) is 4.81. The Labute approximate surface area is 122 Å². The van der Waals surface area contributed by atoms with E-state index in [1.54, 1.807) is 0 Å². The lowest BCUT2D eigenvalue weighted by molar-refractivity contribution is -0.114. The predicted molar refractivity (Wildman–Crippen MR) is 75.2 cm³/mol. The maximum absolute atomic E-state index is 14.0. The number of hydrogen-bond acceptors (Lipinski definition) is 4.